The van der Waals surface area contributed by atoms with Crippen molar-refractivity contribution >= 4 is 17.7 Å². The molecule has 0 saturated carbocycles. The third-order valence-corrected chi connectivity index (χ3v) is 3.39. The standard InChI is InChI=1S/C10H20N2OS/c1-3-11-8-9(2)10(13)12-4-6-14-7-5-12/h9,11H,3-8H2,1-2H3. The molecule has 14 heavy (non-hydrogen) atoms. The summed E-state index contributed by atoms with van der Waals surface area (Å²) < 4.78 is 0. The van der Waals surface area contributed by atoms with Gasteiger partial charge in [0.25, 0.3) is 0 Å². The third kappa shape index (κ3) is 3.50. The van der Waals surface area contributed by atoms with Gasteiger partial charge >= 0.3 is 0 Å². The van der Waals surface area contributed by atoms with Gasteiger partial charge in [-0.1, -0.05) is 13.8 Å². The van der Waals surface area contributed by atoms with E-state index in [1.165, 1.54) is 0 Å². The van der Waals surface area contributed by atoms with E-state index in [-0.39, 0.29) is 5.92 Å². The van der Waals surface area contributed by atoms with Crippen LogP contribution in [-0.4, -0.2) is 48.5 Å². The van der Waals surface area contributed by atoms with Crippen LogP contribution in [-0.2, 0) is 4.79 Å². The first-order valence-corrected chi connectivity index (χ1v) is 6.48. The monoisotopic (exact) mass is 216 g/mol. The van der Waals surface area contributed by atoms with Gasteiger partial charge in [-0.2, -0.15) is 11.8 Å². The predicted octanol–water partition coefficient (Wildman–Crippen LogP) is 0.807. The first kappa shape index (κ1) is 11.9. The molecule has 1 unspecified atom stereocenters. The third-order valence-electron chi connectivity index (χ3n) is 2.44. The van der Waals surface area contributed by atoms with Crippen molar-refractivity contribution in [1.29, 1.82) is 0 Å². The molecule has 0 aromatic heterocycles. The fraction of sp³-hybridized carbons (Fsp3) is 0.900. The molecule has 0 aromatic carbocycles. The largest absolute Gasteiger partial charge is 0.341 e. The average Bonchev–Trinajstić information content (AvgIpc) is 2.26. The lowest BCUT2D eigenvalue weighted by molar-refractivity contribution is -0.134. The van der Waals surface area contributed by atoms with E-state index in [2.05, 4.69) is 12.2 Å². The van der Waals surface area contributed by atoms with E-state index in [4.69, 9.17) is 0 Å². The Morgan fingerprint density at radius 2 is 2.14 bits per heavy atom. The number of thioether (sulfide) groups is 1. The summed E-state index contributed by atoms with van der Waals surface area (Å²) in [4.78, 5) is 13.9. The normalized spacial score (nSPS) is 19.4. The van der Waals surface area contributed by atoms with Crippen LogP contribution in [0.2, 0.25) is 0 Å². The van der Waals surface area contributed by atoms with Crippen molar-refractivity contribution in [2.24, 2.45) is 5.92 Å². The lowest BCUT2D eigenvalue weighted by atomic mass is 10.1. The Morgan fingerprint density at radius 3 is 2.71 bits per heavy atom. The molecule has 0 aromatic rings. The molecule has 3 nitrogen and oxygen atoms in total. The Labute approximate surface area is 90.6 Å². The minimum Gasteiger partial charge on any atom is -0.341 e. The van der Waals surface area contributed by atoms with E-state index in [1.807, 2.05) is 23.6 Å². The molecule has 1 rings (SSSR count). The molecule has 0 spiro atoms. The molecule has 0 bridgehead atoms. The van der Waals surface area contributed by atoms with E-state index >= 15 is 0 Å². The Morgan fingerprint density at radius 1 is 1.50 bits per heavy atom. The molecule has 1 heterocycles. The minimum absolute atomic E-state index is 0.123. The van der Waals surface area contributed by atoms with Crippen LogP contribution in [0.5, 0.6) is 0 Å². The highest BCUT2D eigenvalue weighted by atomic mass is 32.2. The summed E-state index contributed by atoms with van der Waals surface area (Å²) >= 11 is 1.94. The number of hydrogen-bond donors (Lipinski definition) is 1. The maximum absolute atomic E-state index is 11.9. The molecule has 0 radical (unpaired) electrons. The lowest BCUT2D eigenvalue weighted by Crippen LogP contribution is -2.43. The van der Waals surface area contributed by atoms with Gasteiger partial charge in [-0.05, 0) is 6.54 Å². The topological polar surface area (TPSA) is 32.3 Å². The first-order valence-electron chi connectivity index (χ1n) is 5.33. The van der Waals surface area contributed by atoms with Gasteiger partial charge in [0.2, 0.25) is 5.91 Å². The quantitative estimate of drug-likeness (QED) is 0.755. The summed E-state index contributed by atoms with van der Waals surface area (Å²) in [6, 6.07) is 0. The maximum atomic E-state index is 11.9. The number of carbonyl (C=O) groups excluding carboxylic acids is 1. The number of carbonyl (C=O) groups is 1. The van der Waals surface area contributed by atoms with Crippen LogP contribution in [0, 0.1) is 5.92 Å². The van der Waals surface area contributed by atoms with Gasteiger partial charge in [0.1, 0.15) is 0 Å². The molecule has 4 heteroatoms. The van der Waals surface area contributed by atoms with Gasteiger partial charge in [0.15, 0.2) is 0 Å². The summed E-state index contributed by atoms with van der Waals surface area (Å²) in [5, 5.41) is 3.22. The molecular formula is C10H20N2OS. The van der Waals surface area contributed by atoms with E-state index in [0.29, 0.717) is 5.91 Å². The lowest BCUT2D eigenvalue weighted by Gasteiger charge is -2.29. The average molecular weight is 216 g/mol. The van der Waals surface area contributed by atoms with E-state index in [1.54, 1.807) is 0 Å². The predicted molar refractivity (Wildman–Crippen MR) is 61.6 cm³/mol. The van der Waals surface area contributed by atoms with Gasteiger partial charge in [-0.3, -0.25) is 4.79 Å². The van der Waals surface area contributed by atoms with E-state index in [9.17, 15) is 4.79 Å². The van der Waals surface area contributed by atoms with Crippen molar-refractivity contribution in [3.63, 3.8) is 0 Å². The van der Waals surface area contributed by atoms with Gasteiger partial charge in [-0.25, -0.2) is 0 Å². The Hall–Kier alpha value is -0.220. The zero-order chi connectivity index (χ0) is 10.4. The van der Waals surface area contributed by atoms with Crippen molar-refractivity contribution in [2.75, 3.05) is 37.7 Å². The smallest absolute Gasteiger partial charge is 0.226 e. The Bertz CT molecular complexity index is 181. The van der Waals surface area contributed by atoms with Gasteiger partial charge in [-0.15, -0.1) is 0 Å². The number of nitrogens with one attached hydrogen (secondary N) is 1. The SMILES string of the molecule is CCNCC(C)C(=O)N1CCSCC1. The first-order chi connectivity index (χ1) is 6.75. The fourth-order valence-electron chi connectivity index (χ4n) is 1.54. The zero-order valence-corrected chi connectivity index (χ0v) is 9.90. The molecule has 1 fully saturated rings. The molecule has 1 aliphatic rings. The maximum Gasteiger partial charge on any atom is 0.226 e. The highest BCUT2D eigenvalue weighted by Crippen LogP contribution is 2.11. The minimum atomic E-state index is 0.123. The van der Waals surface area contributed by atoms with Gasteiger partial charge in [0.05, 0.1) is 0 Å². The number of hydrogen-bond acceptors (Lipinski definition) is 3. The molecule has 82 valence electrons. The Kier molecular flexibility index (Phi) is 5.33. The van der Waals surface area contributed by atoms with Crippen molar-refractivity contribution < 1.29 is 4.79 Å². The fourth-order valence-corrected chi connectivity index (χ4v) is 2.45. The van der Waals surface area contributed by atoms with Gasteiger partial charge in [0, 0.05) is 37.1 Å². The molecule has 0 aliphatic carbocycles. The van der Waals surface area contributed by atoms with Crippen LogP contribution in [0.15, 0.2) is 0 Å². The van der Waals surface area contributed by atoms with Crippen LogP contribution < -0.4 is 5.32 Å². The molecule has 1 aliphatic heterocycles. The summed E-state index contributed by atoms with van der Waals surface area (Å²) in [5.74, 6) is 2.63. The van der Waals surface area contributed by atoms with E-state index in [0.717, 1.165) is 37.7 Å². The van der Waals surface area contributed by atoms with Crippen molar-refractivity contribution in [3.8, 4) is 0 Å². The molecular weight excluding hydrogens is 196 g/mol. The summed E-state index contributed by atoms with van der Waals surface area (Å²) in [7, 11) is 0. The zero-order valence-electron chi connectivity index (χ0n) is 9.08. The summed E-state index contributed by atoms with van der Waals surface area (Å²) in [6.45, 7) is 7.67. The van der Waals surface area contributed by atoms with Crippen LogP contribution in [0.3, 0.4) is 0 Å². The Balaban J connectivity index is 2.30. The van der Waals surface area contributed by atoms with Crippen molar-refractivity contribution in [3.05, 3.63) is 0 Å². The summed E-state index contributed by atoms with van der Waals surface area (Å²) in [6.07, 6.45) is 0. The second kappa shape index (κ2) is 6.30. The van der Waals surface area contributed by atoms with Crippen LogP contribution in [0.4, 0.5) is 0 Å². The molecule has 1 saturated heterocycles. The summed E-state index contributed by atoms with van der Waals surface area (Å²) in [5.41, 5.74) is 0. The number of amides is 1. The second-order valence-corrected chi connectivity index (χ2v) is 4.87. The number of rotatable bonds is 4. The van der Waals surface area contributed by atoms with Crippen LogP contribution in [0.25, 0.3) is 0 Å². The van der Waals surface area contributed by atoms with E-state index < -0.39 is 0 Å². The van der Waals surface area contributed by atoms with Gasteiger partial charge < -0.3 is 10.2 Å². The highest BCUT2D eigenvalue weighted by Gasteiger charge is 2.21. The van der Waals surface area contributed by atoms with Crippen molar-refractivity contribution in [1.82, 2.24) is 10.2 Å². The second-order valence-electron chi connectivity index (χ2n) is 3.65. The molecule has 1 N–H and O–H groups in total. The van der Waals surface area contributed by atoms with Crippen LogP contribution in [0.1, 0.15) is 13.8 Å². The number of nitrogens with zero attached hydrogens (tertiary/aromatic N) is 1. The molecule has 1 atom stereocenters. The van der Waals surface area contributed by atoms with Crippen molar-refractivity contribution in [2.45, 2.75) is 13.8 Å². The molecule has 1 amide bonds. The van der Waals surface area contributed by atoms with Crippen LogP contribution >= 0.6 is 11.8 Å². The highest BCUT2D eigenvalue weighted by molar-refractivity contribution is 7.99.